The number of nitrogens with one attached hydrogen (secondary N) is 2. The molecule has 0 bridgehead atoms. The van der Waals surface area contributed by atoms with Crippen molar-refractivity contribution < 1.29 is 4.79 Å². The number of fused-ring (bicyclic) bond motifs is 1. The standard InChI is InChI=1S/C18H26N4O/c1-22-12-9-14(10-13-22)8-11-19-18(23)7-6-17-20-15-4-2-3-5-16(15)21-17/h2-5,14H,6-13H2,1H3,(H,19,23)(H,20,21). The molecule has 1 saturated heterocycles. The van der Waals surface area contributed by atoms with Crippen molar-refractivity contribution in [2.24, 2.45) is 5.92 Å². The van der Waals surface area contributed by atoms with E-state index in [1.165, 1.54) is 25.9 Å². The summed E-state index contributed by atoms with van der Waals surface area (Å²) >= 11 is 0. The van der Waals surface area contributed by atoms with Gasteiger partial charge in [0.15, 0.2) is 0 Å². The SMILES string of the molecule is CN1CCC(CCNC(=O)CCc2nc3ccccc3[nH]2)CC1. The molecule has 5 nitrogen and oxygen atoms in total. The molecule has 1 aliphatic rings. The minimum absolute atomic E-state index is 0.124. The van der Waals surface area contributed by atoms with E-state index < -0.39 is 0 Å². The number of carbonyl (C=O) groups is 1. The van der Waals surface area contributed by atoms with E-state index in [2.05, 4.69) is 27.2 Å². The summed E-state index contributed by atoms with van der Waals surface area (Å²) in [6.45, 7) is 3.17. The molecule has 124 valence electrons. The lowest BCUT2D eigenvalue weighted by atomic mass is 9.94. The van der Waals surface area contributed by atoms with Gasteiger partial charge in [0, 0.05) is 19.4 Å². The molecule has 0 radical (unpaired) electrons. The van der Waals surface area contributed by atoms with Gasteiger partial charge in [0.2, 0.25) is 5.91 Å². The van der Waals surface area contributed by atoms with Crippen molar-refractivity contribution in [3.63, 3.8) is 0 Å². The Morgan fingerprint density at radius 3 is 2.91 bits per heavy atom. The summed E-state index contributed by atoms with van der Waals surface area (Å²) in [7, 11) is 2.18. The van der Waals surface area contributed by atoms with Crippen LogP contribution in [0.3, 0.4) is 0 Å². The third kappa shape index (κ3) is 4.55. The van der Waals surface area contributed by atoms with E-state index in [9.17, 15) is 4.79 Å². The highest BCUT2D eigenvalue weighted by Crippen LogP contribution is 2.18. The van der Waals surface area contributed by atoms with Crippen molar-refractivity contribution in [2.45, 2.75) is 32.1 Å². The molecule has 3 rings (SSSR count). The van der Waals surface area contributed by atoms with Gasteiger partial charge in [-0.2, -0.15) is 0 Å². The van der Waals surface area contributed by atoms with Crippen LogP contribution in [0.25, 0.3) is 11.0 Å². The van der Waals surface area contributed by atoms with Crippen LogP contribution >= 0.6 is 0 Å². The third-order valence-corrected chi connectivity index (χ3v) is 4.74. The Morgan fingerprint density at radius 2 is 2.13 bits per heavy atom. The highest BCUT2D eigenvalue weighted by Gasteiger charge is 2.16. The number of hydrogen-bond acceptors (Lipinski definition) is 3. The fraction of sp³-hybridized carbons (Fsp3) is 0.556. The fourth-order valence-electron chi connectivity index (χ4n) is 3.21. The predicted octanol–water partition coefficient (Wildman–Crippen LogP) is 2.34. The summed E-state index contributed by atoms with van der Waals surface area (Å²) in [5, 5.41) is 3.05. The van der Waals surface area contributed by atoms with E-state index in [1.54, 1.807) is 0 Å². The Labute approximate surface area is 137 Å². The van der Waals surface area contributed by atoms with E-state index in [1.807, 2.05) is 24.3 Å². The van der Waals surface area contributed by atoms with Crippen LogP contribution in [-0.2, 0) is 11.2 Å². The van der Waals surface area contributed by atoms with E-state index >= 15 is 0 Å². The number of hydrogen-bond donors (Lipinski definition) is 2. The Kier molecular flexibility index (Phi) is 5.28. The van der Waals surface area contributed by atoms with Crippen LogP contribution in [0.1, 0.15) is 31.5 Å². The second-order valence-corrected chi connectivity index (χ2v) is 6.59. The first kappa shape index (κ1) is 16.0. The lowest BCUT2D eigenvalue weighted by Gasteiger charge is -2.28. The van der Waals surface area contributed by atoms with Crippen LogP contribution in [0, 0.1) is 5.92 Å². The minimum atomic E-state index is 0.124. The van der Waals surface area contributed by atoms with Crippen LogP contribution in [0.5, 0.6) is 0 Å². The summed E-state index contributed by atoms with van der Waals surface area (Å²) in [5.74, 6) is 1.77. The molecule has 2 aromatic rings. The summed E-state index contributed by atoms with van der Waals surface area (Å²) in [4.78, 5) is 22.1. The van der Waals surface area contributed by atoms with Gasteiger partial charge in [-0.25, -0.2) is 4.98 Å². The lowest BCUT2D eigenvalue weighted by molar-refractivity contribution is -0.121. The normalized spacial score (nSPS) is 16.7. The average Bonchev–Trinajstić information content (AvgIpc) is 2.98. The Morgan fingerprint density at radius 1 is 1.35 bits per heavy atom. The number of H-pyrrole nitrogens is 1. The number of amides is 1. The molecule has 0 unspecified atom stereocenters. The van der Waals surface area contributed by atoms with Crippen LogP contribution in [-0.4, -0.2) is 47.5 Å². The molecule has 2 N–H and O–H groups in total. The number of para-hydroxylation sites is 2. The molecular weight excluding hydrogens is 288 g/mol. The van der Waals surface area contributed by atoms with Gasteiger partial charge >= 0.3 is 0 Å². The minimum Gasteiger partial charge on any atom is -0.356 e. The number of likely N-dealkylation sites (tertiary alicyclic amines) is 1. The first-order chi connectivity index (χ1) is 11.2. The Balaban J connectivity index is 1.36. The molecule has 0 atom stereocenters. The summed E-state index contributed by atoms with van der Waals surface area (Å²) in [6.07, 6.45) is 4.77. The number of carbonyl (C=O) groups excluding carboxylic acids is 1. The third-order valence-electron chi connectivity index (χ3n) is 4.74. The molecule has 1 aromatic carbocycles. The molecule has 0 spiro atoms. The number of piperidine rings is 1. The van der Waals surface area contributed by atoms with E-state index in [4.69, 9.17) is 0 Å². The maximum atomic E-state index is 12.0. The van der Waals surface area contributed by atoms with Crippen molar-refractivity contribution in [2.75, 3.05) is 26.7 Å². The van der Waals surface area contributed by atoms with Crippen molar-refractivity contribution in [1.82, 2.24) is 20.2 Å². The predicted molar refractivity (Wildman–Crippen MR) is 92.3 cm³/mol. The average molecular weight is 314 g/mol. The monoisotopic (exact) mass is 314 g/mol. The number of aryl methyl sites for hydroxylation is 1. The van der Waals surface area contributed by atoms with Gasteiger partial charge in [-0.1, -0.05) is 12.1 Å². The van der Waals surface area contributed by atoms with Crippen LogP contribution in [0.2, 0.25) is 0 Å². The van der Waals surface area contributed by atoms with Gasteiger partial charge in [0.05, 0.1) is 11.0 Å². The van der Waals surface area contributed by atoms with Gasteiger partial charge in [-0.05, 0) is 57.5 Å². The number of imidazole rings is 1. The molecule has 1 amide bonds. The molecular formula is C18H26N4O. The second-order valence-electron chi connectivity index (χ2n) is 6.59. The number of nitrogens with zero attached hydrogens (tertiary/aromatic N) is 2. The summed E-state index contributed by atoms with van der Waals surface area (Å²) < 4.78 is 0. The van der Waals surface area contributed by atoms with Gasteiger partial charge < -0.3 is 15.2 Å². The molecule has 0 saturated carbocycles. The van der Waals surface area contributed by atoms with Crippen LogP contribution in [0.15, 0.2) is 24.3 Å². The topological polar surface area (TPSA) is 61.0 Å². The van der Waals surface area contributed by atoms with E-state index in [-0.39, 0.29) is 5.91 Å². The smallest absolute Gasteiger partial charge is 0.220 e. The molecule has 0 aliphatic carbocycles. The molecule has 2 heterocycles. The fourth-order valence-corrected chi connectivity index (χ4v) is 3.21. The zero-order valence-electron chi connectivity index (χ0n) is 13.8. The molecule has 1 aliphatic heterocycles. The van der Waals surface area contributed by atoms with Crippen molar-refractivity contribution in [3.05, 3.63) is 30.1 Å². The Hall–Kier alpha value is -1.88. The van der Waals surface area contributed by atoms with Crippen molar-refractivity contribution in [3.8, 4) is 0 Å². The molecule has 1 fully saturated rings. The highest BCUT2D eigenvalue weighted by atomic mass is 16.1. The maximum absolute atomic E-state index is 12.0. The first-order valence-corrected chi connectivity index (χ1v) is 8.59. The largest absolute Gasteiger partial charge is 0.356 e. The molecule has 5 heteroatoms. The van der Waals surface area contributed by atoms with Crippen LogP contribution < -0.4 is 5.32 Å². The number of benzene rings is 1. The van der Waals surface area contributed by atoms with Crippen molar-refractivity contribution in [1.29, 1.82) is 0 Å². The van der Waals surface area contributed by atoms with Gasteiger partial charge in [0.25, 0.3) is 0 Å². The maximum Gasteiger partial charge on any atom is 0.220 e. The van der Waals surface area contributed by atoms with Gasteiger partial charge in [-0.15, -0.1) is 0 Å². The quantitative estimate of drug-likeness (QED) is 0.860. The van der Waals surface area contributed by atoms with Crippen LogP contribution in [0.4, 0.5) is 0 Å². The zero-order chi connectivity index (χ0) is 16.1. The highest BCUT2D eigenvalue weighted by molar-refractivity contribution is 5.77. The van der Waals surface area contributed by atoms with Crippen molar-refractivity contribution >= 4 is 16.9 Å². The first-order valence-electron chi connectivity index (χ1n) is 8.59. The van der Waals surface area contributed by atoms with E-state index in [0.29, 0.717) is 12.8 Å². The van der Waals surface area contributed by atoms with Gasteiger partial charge in [0.1, 0.15) is 5.82 Å². The Bertz CT molecular complexity index is 610. The van der Waals surface area contributed by atoms with E-state index in [0.717, 1.165) is 35.7 Å². The summed E-state index contributed by atoms with van der Waals surface area (Å²) in [6, 6.07) is 7.95. The molecule has 23 heavy (non-hydrogen) atoms. The van der Waals surface area contributed by atoms with Gasteiger partial charge in [-0.3, -0.25) is 4.79 Å². The summed E-state index contributed by atoms with van der Waals surface area (Å²) in [5.41, 5.74) is 2.00. The molecule has 1 aromatic heterocycles. The number of aromatic amines is 1. The number of rotatable bonds is 6. The zero-order valence-corrected chi connectivity index (χ0v) is 13.8. The second kappa shape index (κ2) is 7.59. The lowest BCUT2D eigenvalue weighted by Crippen LogP contribution is -2.32. The number of aromatic nitrogens is 2.